The molecule has 0 heterocycles. The van der Waals surface area contributed by atoms with Crippen molar-refractivity contribution in [2.24, 2.45) is 0 Å². The van der Waals surface area contributed by atoms with Crippen LogP contribution in [0.1, 0.15) is 37.1 Å². The van der Waals surface area contributed by atoms with Crippen molar-refractivity contribution < 1.29 is 4.39 Å². The van der Waals surface area contributed by atoms with E-state index in [1.165, 1.54) is 11.6 Å². The molecule has 0 spiro atoms. The van der Waals surface area contributed by atoms with Crippen LogP contribution in [0.4, 0.5) is 4.39 Å². The molecule has 2 atom stereocenters. The highest BCUT2D eigenvalue weighted by molar-refractivity contribution is 9.10. The van der Waals surface area contributed by atoms with Crippen molar-refractivity contribution in [3.63, 3.8) is 0 Å². The monoisotopic (exact) mass is 399 g/mol. The molecule has 0 bridgehead atoms. The summed E-state index contributed by atoms with van der Waals surface area (Å²) in [5.41, 5.74) is 1.84. The Labute approximate surface area is 135 Å². The third-order valence-electron chi connectivity index (χ3n) is 3.27. The van der Waals surface area contributed by atoms with Gasteiger partial charge in [0.05, 0.1) is 0 Å². The molecule has 20 heavy (non-hydrogen) atoms. The van der Waals surface area contributed by atoms with Crippen LogP contribution >= 0.6 is 31.9 Å². The normalized spacial score (nSPS) is 14.1. The number of benzene rings is 2. The maximum atomic E-state index is 13.9. The molecule has 0 fully saturated rings. The van der Waals surface area contributed by atoms with Crippen LogP contribution in [0.2, 0.25) is 0 Å². The van der Waals surface area contributed by atoms with Gasteiger partial charge in [-0.05, 0) is 49.7 Å². The van der Waals surface area contributed by atoms with Crippen LogP contribution in [0.15, 0.2) is 51.4 Å². The van der Waals surface area contributed by atoms with Gasteiger partial charge >= 0.3 is 0 Å². The molecule has 0 radical (unpaired) electrons. The van der Waals surface area contributed by atoms with E-state index in [-0.39, 0.29) is 17.9 Å². The smallest absolute Gasteiger partial charge is 0.128 e. The fourth-order valence-corrected chi connectivity index (χ4v) is 2.98. The van der Waals surface area contributed by atoms with E-state index >= 15 is 0 Å². The van der Waals surface area contributed by atoms with Gasteiger partial charge in [0.25, 0.3) is 0 Å². The van der Waals surface area contributed by atoms with Crippen molar-refractivity contribution in [1.82, 2.24) is 5.32 Å². The minimum Gasteiger partial charge on any atom is -0.304 e. The predicted octanol–water partition coefficient (Wildman–Crippen LogP) is 5.76. The van der Waals surface area contributed by atoms with Crippen LogP contribution in [-0.4, -0.2) is 0 Å². The Bertz CT molecular complexity index is 601. The van der Waals surface area contributed by atoms with Crippen LogP contribution in [0.3, 0.4) is 0 Å². The zero-order chi connectivity index (χ0) is 14.7. The van der Waals surface area contributed by atoms with Gasteiger partial charge in [0, 0.05) is 26.6 Å². The maximum absolute atomic E-state index is 13.9. The number of nitrogens with one attached hydrogen (secondary N) is 1. The molecule has 0 aliphatic rings. The molecular formula is C16H16Br2FN. The largest absolute Gasteiger partial charge is 0.304 e. The average Bonchev–Trinajstić information content (AvgIpc) is 2.41. The Balaban J connectivity index is 2.15. The lowest BCUT2D eigenvalue weighted by atomic mass is 10.0. The van der Waals surface area contributed by atoms with Gasteiger partial charge in [0.1, 0.15) is 5.82 Å². The summed E-state index contributed by atoms with van der Waals surface area (Å²) in [6.45, 7) is 4.05. The highest BCUT2D eigenvalue weighted by atomic mass is 79.9. The standard InChI is InChI=1S/C16H16Br2FN/c1-10(12-4-3-5-13(17)8-12)20-11(2)15-9-14(18)6-7-16(15)19/h3-11,20H,1-2H3. The van der Waals surface area contributed by atoms with E-state index in [4.69, 9.17) is 0 Å². The first-order chi connectivity index (χ1) is 9.47. The zero-order valence-electron chi connectivity index (χ0n) is 11.3. The molecule has 2 unspecified atom stereocenters. The third kappa shape index (κ3) is 3.90. The second-order valence-electron chi connectivity index (χ2n) is 4.83. The van der Waals surface area contributed by atoms with Crippen molar-refractivity contribution >= 4 is 31.9 Å². The highest BCUT2D eigenvalue weighted by Crippen LogP contribution is 2.25. The Hall–Kier alpha value is -0.710. The van der Waals surface area contributed by atoms with Gasteiger partial charge in [0.2, 0.25) is 0 Å². The van der Waals surface area contributed by atoms with E-state index in [9.17, 15) is 4.39 Å². The molecule has 0 aliphatic carbocycles. The molecular weight excluding hydrogens is 385 g/mol. The fraction of sp³-hybridized carbons (Fsp3) is 0.250. The minimum atomic E-state index is -0.186. The molecule has 2 aromatic rings. The Morgan fingerprint density at radius 1 is 0.950 bits per heavy atom. The molecule has 1 nitrogen and oxygen atoms in total. The first-order valence-electron chi connectivity index (χ1n) is 6.44. The highest BCUT2D eigenvalue weighted by Gasteiger charge is 2.15. The minimum absolute atomic E-state index is 0.0681. The van der Waals surface area contributed by atoms with E-state index in [1.54, 1.807) is 6.07 Å². The molecule has 1 N–H and O–H groups in total. The summed E-state index contributed by atoms with van der Waals surface area (Å²) in [7, 11) is 0. The Morgan fingerprint density at radius 2 is 1.65 bits per heavy atom. The molecule has 0 saturated carbocycles. The summed E-state index contributed by atoms with van der Waals surface area (Å²) < 4.78 is 15.8. The maximum Gasteiger partial charge on any atom is 0.128 e. The van der Waals surface area contributed by atoms with Gasteiger partial charge in [-0.2, -0.15) is 0 Å². The van der Waals surface area contributed by atoms with E-state index in [0.717, 1.165) is 8.95 Å². The summed E-state index contributed by atoms with van der Waals surface area (Å²) >= 11 is 6.85. The van der Waals surface area contributed by atoms with Gasteiger partial charge in [-0.25, -0.2) is 4.39 Å². The van der Waals surface area contributed by atoms with Gasteiger partial charge in [-0.15, -0.1) is 0 Å². The van der Waals surface area contributed by atoms with Crippen molar-refractivity contribution in [2.75, 3.05) is 0 Å². The van der Waals surface area contributed by atoms with Crippen LogP contribution in [0.5, 0.6) is 0 Å². The molecule has 0 aromatic heterocycles. The van der Waals surface area contributed by atoms with Crippen molar-refractivity contribution in [3.05, 3.63) is 68.4 Å². The second kappa shape index (κ2) is 6.83. The van der Waals surface area contributed by atoms with E-state index in [0.29, 0.717) is 5.56 Å². The topological polar surface area (TPSA) is 12.0 Å². The number of rotatable bonds is 4. The van der Waals surface area contributed by atoms with E-state index < -0.39 is 0 Å². The Kier molecular flexibility index (Phi) is 5.35. The molecule has 4 heteroatoms. The van der Waals surface area contributed by atoms with E-state index in [1.807, 2.05) is 25.1 Å². The molecule has 0 amide bonds. The fourth-order valence-electron chi connectivity index (χ4n) is 2.18. The number of halogens is 3. The van der Waals surface area contributed by atoms with Gasteiger partial charge in [-0.3, -0.25) is 0 Å². The van der Waals surface area contributed by atoms with Gasteiger partial charge < -0.3 is 5.32 Å². The molecule has 2 aromatic carbocycles. The van der Waals surface area contributed by atoms with Crippen molar-refractivity contribution in [2.45, 2.75) is 25.9 Å². The summed E-state index contributed by atoms with van der Waals surface area (Å²) in [5, 5.41) is 3.43. The summed E-state index contributed by atoms with van der Waals surface area (Å²) in [6.07, 6.45) is 0. The SMILES string of the molecule is CC(NC(C)c1cc(Br)ccc1F)c1cccc(Br)c1. The average molecular weight is 401 g/mol. The second-order valence-corrected chi connectivity index (χ2v) is 6.66. The lowest BCUT2D eigenvalue weighted by Crippen LogP contribution is -2.23. The first-order valence-corrected chi connectivity index (χ1v) is 8.02. The Morgan fingerprint density at radius 3 is 2.35 bits per heavy atom. The number of hydrogen-bond donors (Lipinski definition) is 1. The molecule has 0 saturated heterocycles. The van der Waals surface area contributed by atoms with Crippen molar-refractivity contribution in [1.29, 1.82) is 0 Å². The summed E-state index contributed by atoms with van der Waals surface area (Å²) in [5.74, 6) is -0.186. The predicted molar refractivity (Wildman–Crippen MR) is 88.2 cm³/mol. The summed E-state index contributed by atoms with van der Waals surface area (Å²) in [6, 6.07) is 13.2. The third-order valence-corrected chi connectivity index (χ3v) is 4.26. The number of hydrogen-bond acceptors (Lipinski definition) is 1. The molecule has 2 rings (SSSR count). The first kappa shape index (κ1) is 15.7. The van der Waals surface area contributed by atoms with E-state index in [2.05, 4.69) is 56.2 Å². The van der Waals surface area contributed by atoms with Crippen LogP contribution < -0.4 is 5.32 Å². The lowest BCUT2D eigenvalue weighted by Gasteiger charge is -2.21. The van der Waals surface area contributed by atoms with Crippen LogP contribution in [-0.2, 0) is 0 Å². The van der Waals surface area contributed by atoms with Crippen LogP contribution in [0.25, 0.3) is 0 Å². The van der Waals surface area contributed by atoms with Crippen molar-refractivity contribution in [3.8, 4) is 0 Å². The zero-order valence-corrected chi connectivity index (χ0v) is 14.5. The molecule has 0 aliphatic heterocycles. The summed E-state index contributed by atoms with van der Waals surface area (Å²) in [4.78, 5) is 0. The van der Waals surface area contributed by atoms with Crippen LogP contribution in [0, 0.1) is 5.82 Å². The quantitative estimate of drug-likeness (QED) is 0.687. The van der Waals surface area contributed by atoms with Gasteiger partial charge in [-0.1, -0.05) is 44.0 Å². The van der Waals surface area contributed by atoms with Gasteiger partial charge in [0.15, 0.2) is 0 Å². The lowest BCUT2D eigenvalue weighted by molar-refractivity contribution is 0.473. The molecule has 106 valence electrons.